The van der Waals surface area contributed by atoms with Crippen LogP contribution in [-0.2, 0) is 18.4 Å². The monoisotopic (exact) mass is 232 g/mol. The predicted octanol–water partition coefficient (Wildman–Crippen LogP) is 3.15. The van der Waals surface area contributed by atoms with Gasteiger partial charge in [-0.25, -0.2) is 0 Å². The van der Waals surface area contributed by atoms with Gasteiger partial charge in [0.05, 0.1) is 5.69 Å². The van der Waals surface area contributed by atoms with Gasteiger partial charge in [-0.1, -0.05) is 26.8 Å². The van der Waals surface area contributed by atoms with E-state index >= 15 is 0 Å². The molecule has 0 aromatic carbocycles. The second kappa shape index (κ2) is 4.41. The lowest BCUT2D eigenvalue weighted by molar-refractivity contribution is 0.199. The largest absolute Gasteiger partial charge is 0.295 e. The summed E-state index contributed by atoms with van der Waals surface area (Å²) in [6.07, 6.45) is 1.14. The number of hydrogen-bond donors (Lipinski definition) is 0. The Balaban J connectivity index is 2.29. The molecule has 0 saturated heterocycles. The average Bonchev–Trinajstić information content (AvgIpc) is 2.26. The Bertz CT molecular complexity index is 402. The zero-order valence-electron chi connectivity index (χ0n) is 11.7. The molecule has 0 bridgehead atoms. The first kappa shape index (κ1) is 12.6. The number of nitrogens with zero attached hydrogens (tertiary/aromatic N) is 2. The molecule has 94 valence electrons. The third kappa shape index (κ3) is 2.68. The lowest BCUT2D eigenvalue weighted by Crippen LogP contribution is -2.36. The molecule has 1 aliphatic rings. The maximum Gasteiger partial charge on any atom is 0.0580 e. The van der Waals surface area contributed by atoms with E-state index in [1.165, 1.54) is 23.5 Å². The van der Waals surface area contributed by atoms with E-state index in [0.29, 0.717) is 6.04 Å². The molecule has 2 rings (SSSR count). The van der Waals surface area contributed by atoms with Gasteiger partial charge in [0.15, 0.2) is 0 Å². The van der Waals surface area contributed by atoms with E-state index in [1.807, 2.05) is 0 Å². The summed E-state index contributed by atoms with van der Waals surface area (Å²) in [6.45, 7) is 13.4. The van der Waals surface area contributed by atoms with Gasteiger partial charge in [0.2, 0.25) is 0 Å². The minimum absolute atomic E-state index is 0.148. The van der Waals surface area contributed by atoms with Gasteiger partial charge in [-0.3, -0.25) is 9.88 Å². The first-order valence-electron chi connectivity index (χ1n) is 6.61. The Morgan fingerprint density at radius 3 is 2.53 bits per heavy atom. The highest BCUT2D eigenvalue weighted by Gasteiger charge is 2.22. The summed E-state index contributed by atoms with van der Waals surface area (Å²) in [4.78, 5) is 7.38. The zero-order chi connectivity index (χ0) is 12.6. The Morgan fingerprint density at radius 1 is 1.24 bits per heavy atom. The van der Waals surface area contributed by atoms with Crippen LogP contribution >= 0.6 is 0 Å². The van der Waals surface area contributed by atoms with Crippen LogP contribution in [0.2, 0.25) is 0 Å². The summed E-state index contributed by atoms with van der Waals surface area (Å²) >= 11 is 0. The molecule has 0 N–H and O–H groups in total. The summed E-state index contributed by atoms with van der Waals surface area (Å²) in [6, 6.07) is 5.09. The smallest absolute Gasteiger partial charge is 0.0580 e. The lowest BCUT2D eigenvalue weighted by atomic mass is 9.90. The summed E-state index contributed by atoms with van der Waals surface area (Å²) in [5, 5.41) is 0. The first-order chi connectivity index (χ1) is 7.88. The molecule has 0 aliphatic carbocycles. The van der Waals surface area contributed by atoms with Gasteiger partial charge in [-0.05, 0) is 31.9 Å². The predicted molar refractivity (Wildman–Crippen MR) is 72.2 cm³/mol. The van der Waals surface area contributed by atoms with Crippen LogP contribution in [0.4, 0.5) is 0 Å². The second-order valence-electron chi connectivity index (χ2n) is 6.37. The fourth-order valence-corrected chi connectivity index (χ4v) is 2.29. The number of rotatable bonds is 1. The molecular weight excluding hydrogens is 208 g/mol. The molecule has 1 aliphatic heterocycles. The molecule has 2 heteroatoms. The highest BCUT2D eigenvalue weighted by molar-refractivity contribution is 5.28. The quantitative estimate of drug-likeness (QED) is 0.739. The van der Waals surface area contributed by atoms with Crippen molar-refractivity contribution in [1.82, 2.24) is 9.88 Å². The molecule has 2 heterocycles. The minimum Gasteiger partial charge on any atom is -0.295 e. The topological polar surface area (TPSA) is 16.1 Å². The highest BCUT2D eigenvalue weighted by atomic mass is 15.2. The molecule has 0 fully saturated rings. The van der Waals surface area contributed by atoms with Crippen molar-refractivity contribution in [1.29, 1.82) is 0 Å². The van der Waals surface area contributed by atoms with Crippen LogP contribution in [0.25, 0.3) is 0 Å². The number of fused-ring (bicyclic) bond motifs is 1. The van der Waals surface area contributed by atoms with Gasteiger partial charge >= 0.3 is 0 Å². The lowest BCUT2D eigenvalue weighted by Gasteiger charge is -2.32. The maximum atomic E-state index is 4.88. The van der Waals surface area contributed by atoms with Crippen molar-refractivity contribution in [2.75, 3.05) is 6.54 Å². The van der Waals surface area contributed by atoms with Crippen LogP contribution in [0.1, 0.15) is 51.6 Å². The van der Waals surface area contributed by atoms with E-state index in [0.717, 1.165) is 13.0 Å². The normalized spacial score (nSPS) is 17.3. The van der Waals surface area contributed by atoms with Crippen LogP contribution in [0.15, 0.2) is 12.1 Å². The van der Waals surface area contributed by atoms with Gasteiger partial charge < -0.3 is 0 Å². The molecule has 0 unspecified atom stereocenters. The standard InChI is InChI=1S/C15H24N2/c1-11(2)17-9-8-12-6-7-14(15(3,4)5)16-13(12)10-17/h6-7,11H,8-10H2,1-5H3. The number of aromatic nitrogens is 1. The molecule has 1 aromatic heterocycles. The van der Waals surface area contributed by atoms with Crippen molar-refractivity contribution in [2.45, 2.75) is 59.0 Å². The van der Waals surface area contributed by atoms with Crippen molar-refractivity contribution in [3.05, 3.63) is 29.1 Å². The van der Waals surface area contributed by atoms with Gasteiger partial charge in [0, 0.05) is 30.2 Å². The van der Waals surface area contributed by atoms with Crippen molar-refractivity contribution < 1.29 is 0 Å². The first-order valence-corrected chi connectivity index (χ1v) is 6.61. The fraction of sp³-hybridized carbons (Fsp3) is 0.667. The van der Waals surface area contributed by atoms with Crippen molar-refractivity contribution in [3.8, 4) is 0 Å². The van der Waals surface area contributed by atoms with Gasteiger partial charge in [0.25, 0.3) is 0 Å². The third-order valence-corrected chi connectivity index (χ3v) is 3.59. The Kier molecular flexibility index (Phi) is 3.26. The van der Waals surface area contributed by atoms with E-state index in [1.54, 1.807) is 0 Å². The van der Waals surface area contributed by atoms with Gasteiger partial charge in [-0.15, -0.1) is 0 Å². The maximum absolute atomic E-state index is 4.88. The van der Waals surface area contributed by atoms with Crippen molar-refractivity contribution in [3.63, 3.8) is 0 Å². The molecular formula is C15H24N2. The number of hydrogen-bond acceptors (Lipinski definition) is 2. The molecule has 0 saturated carbocycles. The molecule has 2 nitrogen and oxygen atoms in total. The summed E-state index contributed by atoms with van der Waals surface area (Å²) in [5.41, 5.74) is 4.09. The van der Waals surface area contributed by atoms with Crippen LogP contribution in [-0.4, -0.2) is 22.5 Å². The van der Waals surface area contributed by atoms with Gasteiger partial charge in [0.1, 0.15) is 0 Å². The summed E-state index contributed by atoms with van der Waals surface area (Å²) in [5.74, 6) is 0. The van der Waals surface area contributed by atoms with E-state index in [4.69, 9.17) is 4.98 Å². The van der Waals surface area contributed by atoms with E-state index in [2.05, 4.69) is 51.7 Å². The Morgan fingerprint density at radius 2 is 1.94 bits per heavy atom. The van der Waals surface area contributed by atoms with Crippen molar-refractivity contribution >= 4 is 0 Å². The van der Waals surface area contributed by atoms with Crippen LogP contribution in [0, 0.1) is 0 Å². The van der Waals surface area contributed by atoms with Crippen LogP contribution in [0.3, 0.4) is 0 Å². The summed E-state index contributed by atoms with van der Waals surface area (Å²) < 4.78 is 0. The molecule has 1 aromatic rings. The van der Waals surface area contributed by atoms with E-state index in [9.17, 15) is 0 Å². The molecule has 0 atom stereocenters. The Labute approximate surface area is 105 Å². The fourth-order valence-electron chi connectivity index (χ4n) is 2.29. The highest BCUT2D eigenvalue weighted by Crippen LogP contribution is 2.25. The molecule has 0 spiro atoms. The third-order valence-electron chi connectivity index (χ3n) is 3.59. The molecule has 0 amide bonds. The number of pyridine rings is 1. The molecule has 0 radical (unpaired) electrons. The van der Waals surface area contributed by atoms with E-state index in [-0.39, 0.29) is 5.41 Å². The summed E-state index contributed by atoms with van der Waals surface area (Å²) in [7, 11) is 0. The Hall–Kier alpha value is -0.890. The zero-order valence-corrected chi connectivity index (χ0v) is 11.7. The van der Waals surface area contributed by atoms with E-state index < -0.39 is 0 Å². The molecule has 17 heavy (non-hydrogen) atoms. The van der Waals surface area contributed by atoms with Crippen LogP contribution in [0.5, 0.6) is 0 Å². The second-order valence-corrected chi connectivity index (χ2v) is 6.37. The van der Waals surface area contributed by atoms with Crippen LogP contribution < -0.4 is 0 Å². The van der Waals surface area contributed by atoms with Gasteiger partial charge in [-0.2, -0.15) is 0 Å². The van der Waals surface area contributed by atoms with Crippen molar-refractivity contribution in [2.24, 2.45) is 0 Å². The minimum atomic E-state index is 0.148. The SMILES string of the molecule is CC(C)N1CCc2ccc(C(C)(C)C)nc2C1. The average molecular weight is 232 g/mol.